The number of rotatable bonds is 3. The highest BCUT2D eigenvalue weighted by molar-refractivity contribution is 5.81. The zero-order valence-corrected chi connectivity index (χ0v) is 11.2. The number of imidazole rings is 1. The summed E-state index contributed by atoms with van der Waals surface area (Å²) >= 11 is 0. The Morgan fingerprint density at radius 3 is 2.38 bits per heavy atom. The van der Waals surface area contributed by atoms with E-state index in [9.17, 15) is 8.78 Å². The number of benzene rings is 2. The van der Waals surface area contributed by atoms with Gasteiger partial charge in [-0.1, -0.05) is 0 Å². The van der Waals surface area contributed by atoms with Crippen LogP contribution in [0.25, 0.3) is 22.4 Å². The molecular formula is C15H14F2N4. The van der Waals surface area contributed by atoms with Crippen LogP contribution in [0.1, 0.15) is 0 Å². The van der Waals surface area contributed by atoms with Crippen LogP contribution in [0.4, 0.5) is 14.5 Å². The first-order valence-electron chi connectivity index (χ1n) is 6.51. The number of nitrogens with zero attached hydrogens (tertiary/aromatic N) is 2. The molecule has 0 atom stereocenters. The summed E-state index contributed by atoms with van der Waals surface area (Å²) < 4.78 is 28.6. The van der Waals surface area contributed by atoms with Crippen LogP contribution < -0.4 is 11.5 Å². The molecule has 4 N–H and O–H groups in total. The first-order valence-corrected chi connectivity index (χ1v) is 6.51. The van der Waals surface area contributed by atoms with Crippen LogP contribution in [0.15, 0.2) is 36.4 Å². The molecule has 0 aliphatic carbocycles. The molecule has 0 saturated carbocycles. The molecule has 0 saturated heterocycles. The number of hydrogen-bond donors (Lipinski definition) is 2. The number of nitrogen functional groups attached to an aromatic ring is 1. The molecule has 1 aromatic heterocycles. The molecule has 0 fully saturated rings. The molecule has 2 aromatic carbocycles. The third kappa shape index (κ3) is 2.34. The third-order valence-corrected chi connectivity index (χ3v) is 3.31. The summed E-state index contributed by atoms with van der Waals surface area (Å²) in [5, 5.41) is 0. The van der Waals surface area contributed by atoms with Gasteiger partial charge in [0, 0.05) is 36.5 Å². The maximum Gasteiger partial charge on any atom is 0.161 e. The van der Waals surface area contributed by atoms with Crippen LogP contribution in [0, 0.1) is 11.6 Å². The number of anilines is 1. The Labute approximate surface area is 120 Å². The Bertz CT molecular complexity index is 794. The molecule has 108 valence electrons. The monoisotopic (exact) mass is 288 g/mol. The standard InChI is InChI=1S/C15H14F2N4/c16-11-7-13-14(8-12(11)17)21(6-5-18)15(20-13)9-1-3-10(19)4-2-9/h1-4,7-8H,5-6,18-19H2. The van der Waals surface area contributed by atoms with Crippen molar-refractivity contribution in [3.05, 3.63) is 48.0 Å². The number of halogens is 2. The maximum absolute atomic E-state index is 13.5. The third-order valence-electron chi connectivity index (χ3n) is 3.31. The second-order valence-electron chi connectivity index (χ2n) is 4.75. The highest BCUT2D eigenvalue weighted by atomic mass is 19.2. The van der Waals surface area contributed by atoms with Crippen molar-refractivity contribution >= 4 is 16.7 Å². The quantitative estimate of drug-likeness (QED) is 0.728. The largest absolute Gasteiger partial charge is 0.399 e. The van der Waals surface area contributed by atoms with E-state index in [0.717, 1.165) is 17.7 Å². The van der Waals surface area contributed by atoms with Crippen LogP contribution >= 0.6 is 0 Å². The van der Waals surface area contributed by atoms with Gasteiger partial charge < -0.3 is 16.0 Å². The second kappa shape index (κ2) is 5.14. The summed E-state index contributed by atoms with van der Waals surface area (Å²) in [6.07, 6.45) is 0. The topological polar surface area (TPSA) is 69.9 Å². The van der Waals surface area contributed by atoms with Gasteiger partial charge in [-0.2, -0.15) is 0 Å². The van der Waals surface area contributed by atoms with E-state index < -0.39 is 11.6 Å². The summed E-state index contributed by atoms with van der Waals surface area (Å²) in [7, 11) is 0. The van der Waals surface area contributed by atoms with Crippen molar-refractivity contribution in [3.8, 4) is 11.4 Å². The van der Waals surface area contributed by atoms with E-state index in [1.165, 1.54) is 0 Å². The smallest absolute Gasteiger partial charge is 0.161 e. The molecule has 0 amide bonds. The molecule has 3 rings (SSSR count). The molecule has 0 aliphatic heterocycles. The molecule has 21 heavy (non-hydrogen) atoms. The van der Waals surface area contributed by atoms with Crippen molar-refractivity contribution in [2.75, 3.05) is 12.3 Å². The van der Waals surface area contributed by atoms with Crippen LogP contribution in [-0.4, -0.2) is 16.1 Å². The molecule has 0 unspecified atom stereocenters. The Hall–Kier alpha value is -2.47. The minimum absolute atomic E-state index is 0.367. The minimum atomic E-state index is -0.913. The van der Waals surface area contributed by atoms with Gasteiger partial charge in [0.2, 0.25) is 0 Å². The molecule has 0 spiro atoms. The maximum atomic E-state index is 13.5. The lowest BCUT2D eigenvalue weighted by Crippen LogP contribution is -2.11. The van der Waals surface area contributed by atoms with Gasteiger partial charge in [-0.15, -0.1) is 0 Å². The highest BCUT2D eigenvalue weighted by Gasteiger charge is 2.15. The van der Waals surface area contributed by atoms with Crippen molar-refractivity contribution < 1.29 is 8.78 Å². The Balaban J connectivity index is 2.25. The summed E-state index contributed by atoms with van der Waals surface area (Å²) in [6.45, 7) is 0.827. The predicted octanol–water partition coefficient (Wildman–Crippen LogP) is 2.52. The summed E-state index contributed by atoms with van der Waals surface area (Å²) in [4.78, 5) is 4.39. The van der Waals surface area contributed by atoms with E-state index in [0.29, 0.717) is 35.6 Å². The SMILES string of the molecule is NCCn1c(-c2ccc(N)cc2)nc2cc(F)c(F)cc21. The lowest BCUT2D eigenvalue weighted by molar-refractivity contribution is 0.510. The number of nitrogens with two attached hydrogens (primary N) is 2. The van der Waals surface area contributed by atoms with Gasteiger partial charge in [-0.05, 0) is 24.3 Å². The summed E-state index contributed by atoms with van der Waals surface area (Å²) in [6, 6.07) is 9.38. The van der Waals surface area contributed by atoms with Crippen LogP contribution in [-0.2, 0) is 6.54 Å². The normalized spacial score (nSPS) is 11.2. The van der Waals surface area contributed by atoms with E-state index in [-0.39, 0.29) is 0 Å². The Kier molecular flexibility index (Phi) is 3.31. The molecular weight excluding hydrogens is 274 g/mol. The zero-order chi connectivity index (χ0) is 15.0. The first-order chi connectivity index (χ1) is 10.1. The van der Waals surface area contributed by atoms with Crippen LogP contribution in [0.2, 0.25) is 0 Å². The number of aromatic nitrogens is 2. The van der Waals surface area contributed by atoms with Gasteiger partial charge in [0.25, 0.3) is 0 Å². The number of hydrogen-bond acceptors (Lipinski definition) is 3. The Morgan fingerprint density at radius 1 is 1.05 bits per heavy atom. The fourth-order valence-electron chi connectivity index (χ4n) is 2.33. The van der Waals surface area contributed by atoms with E-state index in [2.05, 4.69) is 4.98 Å². The summed E-state index contributed by atoms with van der Waals surface area (Å²) in [5.41, 5.74) is 13.7. The first kappa shape index (κ1) is 13.5. The highest BCUT2D eigenvalue weighted by Crippen LogP contribution is 2.26. The fraction of sp³-hybridized carbons (Fsp3) is 0.133. The molecule has 3 aromatic rings. The molecule has 0 aliphatic rings. The molecule has 0 bridgehead atoms. The average molecular weight is 288 g/mol. The fourth-order valence-corrected chi connectivity index (χ4v) is 2.33. The van der Waals surface area contributed by atoms with Gasteiger partial charge in [-0.25, -0.2) is 13.8 Å². The second-order valence-corrected chi connectivity index (χ2v) is 4.75. The lowest BCUT2D eigenvalue weighted by Gasteiger charge is -2.08. The molecule has 0 radical (unpaired) electrons. The minimum Gasteiger partial charge on any atom is -0.399 e. The molecule has 6 heteroatoms. The Morgan fingerprint density at radius 2 is 1.71 bits per heavy atom. The van der Waals surface area contributed by atoms with Crippen molar-refractivity contribution in [1.29, 1.82) is 0 Å². The molecule has 4 nitrogen and oxygen atoms in total. The van der Waals surface area contributed by atoms with E-state index in [1.54, 1.807) is 16.7 Å². The van der Waals surface area contributed by atoms with Crippen LogP contribution in [0.3, 0.4) is 0 Å². The van der Waals surface area contributed by atoms with Gasteiger partial charge >= 0.3 is 0 Å². The lowest BCUT2D eigenvalue weighted by atomic mass is 10.2. The zero-order valence-electron chi connectivity index (χ0n) is 11.2. The summed E-state index contributed by atoms with van der Waals surface area (Å²) in [5.74, 6) is -1.20. The van der Waals surface area contributed by atoms with Gasteiger partial charge in [0.15, 0.2) is 11.6 Å². The average Bonchev–Trinajstić information content (AvgIpc) is 2.79. The molecule has 1 heterocycles. The van der Waals surface area contributed by atoms with Crippen molar-refractivity contribution in [2.24, 2.45) is 5.73 Å². The van der Waals surface area contributed by atoms with E-state index in [1.807, 2.05) is 12.1 Å². The van der Waals surface area contributed by atoms with Gasteiger partial charge in [0.05, 0.1) is 11.0 Å². The van der Waals surface area contributed by atoms with Crippen molar-refractivity contribution in [1.82, 2.24) is 9.55 Å². The van der Waals surface area contributed by atoms with Gasteiger partial charge in [0.1, 0.15) is 5.82 Å². The predicted molar refractivity (Wildman–Crippen MR) is 78.6 cm³/mol. The van der Waals surface area contributed by atoms with E-state index >= 15 is 0 Å². The van der Waals surface area contributed by atoms with Crippen molar-refractivity contribution in [2.45, 2.75) is 6.54 Å². The van der Waals surface area contributed by atoms with E-state index in [4.69, 9.17) is 11.5 Å². The number of fused-ring (bicyclic) bond motifs is 1. The van der Waals surface area contributed by atoms with Gasteiger partial charge in [-0.3, -0.25) is 0 Å². The van der Waals surface area contributed by atoms with Crippen LogP contribution in [0.5, 0.6) is 0 Å². The van der Waals surface area contributed by atoms with Crippen molar-refractivity contribution in [3.63, 3.8) is 0 Å².